The van der Waals surface area contributed by atoms with Gasteiger partial charge in [0, 0.05) is 19.5 Å². The molecule has 1 heterocycles. The van der Waals surface area contributed by atoms with Gasteiger partial charge >= 0.3 is 0 Å². The van der Waals surface area contributed by atoms with Crippen molar-refractivity contribution in [2.75, 3.05) is 13.1 Å². The van der Waals surface area contributed by atoms with E-state index < -0.39 is 0 Å². The van der Waals surface area contributed by atoms with Crippen molar-refractivity contribution in [2.45, 2.75) is 77.6 Å². The van der Waals surface area contributed by atoms with Gasteiger partial charge in [-0.1, -0.05) is 51.9 Å². The molecule has 1 saturated heterocycles. The Kier molecular flexibility index (Phi) is 8.12. The topological polar surface area (TPSA) is 20.3 Å². The third-order valence-corrected chi connectivity index (χ3v) is 3.70. The van der Waals surface area contributed by atoms with Crippen LogP contribution in [-0.2, 0) is 4.79 Å². The summed E-state index contributed by atoms with van der Waals surface area (Å²) >= 11 is 0. The van der Waals surface area contributed by atoms with E-state index in [4.69, 9.17) is 0 Å². The molecule has 0 saturated carbocycles. The smallest absolute Gasteiger partial charge is 0.222 e. The van der Waals surface area contributed by atoms with E-state index in [1.807, 2.05) is 0 Å². The lowest BCUT2D eigenvalue weighted by atomic mass is 10.1. The van der Waals surface area contributed by atoms with Gasteiger partial charge < -0.3 is 4.90 Å². The minimum atomic E-state index is 0.406. The molecular formula is C15H29NO. The lowest BCUT2D eigenvalue weighted by Crippen LogP contribution is -2.33. The van der Waals surface area contributed by atoms with E-state index >= 15 is 0 Å². The van der Waals surface area contributed by atoms with Crippen LogP contribution in [-0.4, -0.2) is 23.9 Å². The molecule has 0 bridgehead atoms. The second kappa shape index (κ2) is 9.49. The quantitative estimate of drug-likeness (QED) is 0.638. The average molecular weight is 239 g/mol. The van der Waals surface area contributed by atoms with Gasteiger partial charge in [-0.15, -0.1) is 0 Å². The van der Waals surface area contributed by atoms with E-state index in [0.29, 0.717) is 5.91 Å². The summed E-state index contributed by atoms with van der Waals surface area (Å²) in [6.07, 6.45) is 13.4. The standard InChI is InChI=1S/C15H29NO/c1-2-3-4-6-9-12-15(17)16-13-10-7-5-8-11-14-16/h2-14H2,1H3. The van der Waals surface area contributed by atoms with Crippen LogP contribution >= 0.6 is 0 Å². The highest BCUT2D eigenvalue weighted by Crippen LogP contribution is 2.13. The number of likely N-dealkylation sites (tertiary alicyclic amines) is 1. The van der Waals surface area contributed by atoms with Crippen LogP contribution in [0.1, 0.15) is 77.6 Å². The van der Waals surface area contributed by atoms with Gasteiger partial charge in [0.15, 0.2) is 0 Å². The van der Waals surface area contributed by atoms with Crippen molar-refractivity contribution in [1.29, 1.82) is 0 Å². The zero-order chi connectivity index (χ0) is 12.3. The highest BCUT2D eigenvalue weighted by molar-refractivity contribution is 5.76. The summed E-state index contributed by atoms with van der Waals surface area (Å²) in [5, 5.41) is 0. The van der Waals surface area contributed by atoms with Gasteiger partial charge in [-0.3, -0.25) is 4.79 Å². The van der Waals surface area contributed by atoms with Gasteiger partial charge in [0.25, 0.3) is 0 Å². The first-order valence-corrected chi connectivity index (χ1v) is 7.62. The number of amides is 1. The van der Waals surface area contributed by atoms with Gasteiger partial charge in [-0.2, -0.15) is 0 Å². The number of hydrogen-bond donors (Lipinski definition) is 0. The van der Waals surface area contributed by atoms with Crippen LogP contribution < -0.4 is 0 Å². The molecule has 100 valence electrons. The van der Waals surface area contributed by atoms with Crippen LogP contribution in [0, 0.1) is 0 Å². The summed E-state index contributed by atoms with van der Waals surface area (Å²) < 4.78 is 0. The number of unbranched alkanes of at least 4 members (excludes halogenated alkanes) is 4. The molecule has 17 heavy (non-hydrogen) atoms. The fraction of sp³-hybridized carbons (Fsp3) is 0.933. The van der Waals surface area contributed by atoms with Crippen LogP contribution in [0.2, 0.25) is 0 Å². The largest absolute Gasteiger partial charge is 0.343 e. The molecule has 0 aliphatic carbocycles. The molecule has 0 aromatic heterocycles. The molecule has 1 aliphatic rings. The zero-order valence-electron chi connectivity index (χ0n) is 11.5. The molecule has 0 spiro atoms. The molecule has 1 fully saturated rings. The van der Waals surface area contributed by atoms with E-state index in [9.17, 15) is 4.79 Å². The summed E-state index contributed by atoms with van der Waals surface area (Å²) in [7, 11) is 0. The summed E-state index contributed by atoms with van der Waals surface area (Å²) in [5.41, 5.74) is 0. The number of carbonyl (C=O) groups is 1. The summed E-state index contributed by atoms with van der Waals surface area (Å²) in [5.74, 6) is 0.406. The fourth-order valence-electron chi connectivity index (χ4n) is 2.53. The zero-order valence-corrected chi connectivity index (χ0v) is 11.5. The molecule has 0 aromatic carbocycles. The predicted molar refractivity (Wildman–Crippen MR) is 73.0 cm³/mol. The van der Waals surface area contributed by atoms with Gasteiger partial charge in [0.05, 0.1) is 0 Å². The first-order chi connectivity index (χ1) is 8.34. The molecule has 1 rings (SSSR count). The Bertz CT molecular complexity index is 195. The van der Waals surface area contributed by atoms with Gasteiger partial charge in [-0.25, -0.2) is 0 Å². The normalized spacial score (nSPS) is 17.6. The molecule has 1 aliphatic heterocycles. The maximum Gasteiger partial charge on any atom is 0.222 e. The third-order valence-electron chi connectivity index (χ3n) is 3.70. The van der Waals surface area contributed by atoms with Crippen LogP contribution in [0.4, 0.5) is 0 Å². The van der Waals surface area contributed by atoms with Crippen LogP contribution in [0.15, 0.2) is 0 Å². The lowest BCUT2D eigenvalue weighted by molar-refractivity contribution is -0.131. The Morgan fingerprint density at radius 2 is 1.47 bits per heavy atom. The second-order valence-electron chi connectivity index (χ2n) is 5.31. The Morgan fingerprint density at radius 1 is 0.882 bits per heavy atom. The lowest BCUT2D eigenvalue weighted by Gasteiger charge is -2.24. The minimum absolute atomic E-state index is 0.406. The molecule has 1 amide bonds. The van der Waals surface area contributed by atoms with Gasteiger partial charge in [-0.05, 0) is 19.3 Å². The summed E-state index contributed by atoms with van der Waals surface area (Å²) in [6, 6.07) is 0. The Labute approximate surface area is 107 Å². The predicted octanol–water partition coefficient (Wildman–Crippen LogP) is 4.14. The minimum Gasteiger partial charge on any atom is -0.343 e. The van der Waals surface area contributed by atoms with E-state index in [0.717, 1.165) is 25.9 Å². The maximum atomic E-state index is 12.0. The summed E-state index contributed by atoms with van der Waals surface area (Å²) in [6.45, 7) is 4.24. The summed E-state index contributed by atoms with van der Waals surface area (Å²) in [4.78, 5) is 14.1. The van der Waals surface area contributed by atoms with Crippen molar-refractivity contribution in [1.82, 2.24) is 4.90 Å². The monoisotopic (exact) mass is 239 g/mol. The highest BCUT2D eigenvalue weighted by atomic mass is 16.2. The van der Waals surface area contributed by atoms with E-state index in [-0.39, 0.29) is 0 Å². The first-order valence-electron chi connectivity index (χ1n) is 7.62. The Morgan fingerprint density at radius 3 is 2.12 bits per heavy atom. The molecule has 0 aromatic rings. The average Bonchev–Trinajstić information content (AvgIpc) is 2.28. The third kappa shape index (κ3) is 6.70. The van der Waals surface area contributed by atoms with E-state index in [1.165, 1.54) is 57.8 Å². The van der Waals surface area contributed by atoms with Crippen molar-refractivity contribution < 1.29 is 4.79 Å². The van der Waals surface area contributed by atoms with Crippen molar-refractivity contribution in [3.8, 4) is 0 Å². The second-order valence-corrected chi connectivity index (χ2v) is 5.31. The van der Waals surface area contributed by atoms with Crippen molar-refractivity contribution in [3.63, 3.8) is 0 Å². The first kappa shape index (κ1) is 14.5. The van der Waals surface area contributed by atoms with Crippen molar-refractivity contribution in [2.24, 2.45) is 0 Å². The molecule has 2 heteroatoms. The molecule has 0 atom stereocenters. The molecule has 0 N–H and O–H groups in total. The van der Waals surface area contributed by atoms with Crippen LogP contribution in [0.3, 0.4) is 0 Å². The Balaban J connectivity index is 2.11. The van der Waals surface area contributed by atoms with Crippen LogP contribution in [0.25, 0.3) is 0 Å². The van der Waals surface area contributed by atoms with E-state index in [1.54, 1.807) is 0 Å². The molecule has 0 unspecified atom stereocenters. The van der Waals surface area contributed by atoms with Gasteiger partial charge in [0.2, 0.25) is 5.91 Å². The molecule has 2 nitrogen and oxygen atoms in total. The molecular weight excluding hydrogens is 210 g/mol. The number of nitrogens with zero attached hydrogens (tertiary/aromatic N) is 1. The number of rotatable bonds is 6. The fourth-order valence-corrected chi connectivity index (χ4v) is 2.53. The van der Waals surface area contributed by atoms with Gasteiger partial charge in [0.1, 0.15) is 0 Å². The van der Waals surface area contributed by atoms with Crippen LogP contribution in [0.5, 0.6) is 0 Å². The molecule has 0 radical (unpaired) electrons. The number of hydrogen-bond acceptors (Lipinski definition) is 1. The maximum absolute atomic E-state index is 12.0. The highest BCUT2D eigenvalue weighted by Gasteiger charge is 2.13. The SMILES string of the molecule is CCCCCCCC(=O)N1CCCCCCC1. The number of carbonyl (C=O) groups excluding carboxylic acids is 1. The van der Waals surface area contributed by atoms with Crippen molar-refractivity contribution >= 4 is 5.91 Å². The van der Waals surface area contributed by atoms with Crippen molar-refractivity contribution in [3.05, 3.63) is 0 Å². The van der Waals surface area contributed by atoms with E-state index in [2.05, 4.69) is 11.8 Å². The Hall–Kier alpha value is -0.530.